The van der Waals surface area contributed by atoms with Crippen molar-refractivity contribution in [3.8, 4) is 0 Å². The number of rotatable bonds is 8. The fourth-order valence-electron chi connectivity index (χ4n) is 1.22. The Balaban J connectivity index is 3.82. The average molecular weight is 250 g/mol. The van der Waals surface area contributed by atoms with Crippen LogP contribution >= 0.6 is 0 Å². The van der Waals surface area contributed by atoms with Crippen LogP contribution in [0.5, 0.6) is 0 Å². The van der Waals surface area contributed by atoms with E-state index >= 15 is 0 Å². The van der Waals surface area contributed by atoms with Gasteiger partial charge in [0.1, 0.15) is 0 Å². The molecule has 0 aromatic carbocycles. The Morgan fingerprint density at radius 1 is 1.38 bits per heavy atom. The molecule has 16 heavy (non-hydrogen) atoms. The van der Waals surface area contributed by atoms with Crippen molar-refractivity contribution in [2.24, 2.45) is 11.7 Å². The maximum atomic E-state index is 11.4. The van der Waals surface area contributed by atoms with E-state index in [0.717, 1.165) is 6.42 Å². The van der Waals surface area contributed by atoms with Gasteiger partial charge < -0.3 is 11.1 Å². The van der Waals surface area contributed by atoms with Crippen LogP contribution < -0.4 is 11.1 Å². The summed E-state index contributed by atoms with van der Waals surface area (Å²) < 4.78 is 22.3. The van der Waals surface area contributed by atoms with Gasteiger partial charge in [0, 0.05) is 18.7 Å². The fraction of sp³-hybridized carbons (Fsp3) is 0.900. The van der Waals surface area contributed by atoms with Crippen molar-refractivity contribution in [3.05, 3.63) is 0 Å². The summed E-state index contributed by atoms with van der Waals surface area (Å²) in [6.45, 7) is 4.25. The van der Waals surface area contributed by atoms with Crippen LogP contribution in [0.4, 0.5) is 0 Å². The molecule has 1 atom stereocenters. The normalized spacial score (nSPS) is 13.4. The topological polar surface area (TPSA) is 89.3 Å². The summed E-state index contributed by atoms with van der Waals surface area (Å²) in [6.07, 6.45) is 1.23. The molecule has 6 heteroatoms. The molecule has 1 unspecified atom stereocenters. The van der Waals surface area contributed by atoms with Crippen molar-refractivity contribution >= 4 is 15.7 Å². The summed E-state index contributed by atoms with van der Waals surface area (Å²) in [5, 5.41) is 2.60. The molecular formula is C10H22N2O3S. The molecule has 0 rings (SSSR count). The Morgan fingerprint density at radius 2 is 2.00 bits per heavy atom. The second-order valence-electron chi connectivity index (χ2n) is 3.80. The van der Waals surface area contributed by atoms with Gasteiger partial charge in [0.25, 0.3) is 0 Å². The van der Waals surface area contributed by atoms with E-state index in [0.29, 0.717) is 13.0 Å². The van der Waals surface area contributed by atoms with Gasteiger partial charge in [-0.25, -0.2) is 8.42 Å². The van der Waals surface area contributed by atoms with Gasteiger partial charge in [-0.15, -0.1) is 0 Å². The molecule has 0 radical (unpaired) electrons. The summed E-state index contributed by atoms with van der Waals surface area (Å²) in [5.41, 5.74) is 5.48. The number of hydrogen-bond donors (Lipinski definition) is 2. The molecule has 0 aliphatic carbocycles. The summed E-state index contributed by atoms with van der Waals surface area (Å²) in [6, 6.07) is 0. The maximum absolute atomic E-state index is 11.4. The van der Waals surface area contributed by atoms with Crippen molar-refractivity contribution in [2.45, 2.75) is 26.7 Å². The van der Waals surface area contributed by atoms with E-state index in [1.165, 1.54) is 0 Å². The van der Waals surface area contributed by atoms with Crippen LogP contribution in [-0.2, 0) is 14.6 Å². The summed E-state index contributed by atoms with van der Waals surface area (Å²) >= 11 is 0. The molecule has 3 N–H and O–H groups in total. The molecule has 0 saturated carbocycles. The van der Waals surface area contributed by atoms with Gasteiger partial charge in [-0.1, -0.05) is 20.3 Å². The first-order chi connectivity index (χ1) is 7.45. The van der Waals surface area contributed by atoms with Crippen LogP contribution in [0.2, 0.25) is 0 Å². The van der Waals surface area contributed by atoms with E-state index in [9.17, 15) is 13.2 Å². The number of nitrogens with two attached hydrogens (primary N) is 1. The van der Waals surface area contributed by atoms with Crippen molar-refractivity contribution < 1.29 is 13.2 Å². The van der Waals surface area contributed by atoms with Gasteiger partial charge in [0.15, 0.2) is 9.84 Å². The van der Waals surface area contributed by atoms with Gasteiger partial charge >= 0.3 is 0 Å². The molecule has 5 nitrogen and oxygen atoms in total. The molecule has 0 saturated heterocycles. The van der Waals surface area contributed by atoms with Crippen LogP contribution in [0.15, 0.2) is 0 Å². The first-order valence-electron chi connectivity index (χ1n) is 5.62. The highest BCUT2D eigenvalue weighted by Crippen LogP contribution is 2.05. The lowest BCUT2D eigenvalue weighted by molar-refractivity contribution is -0.121. The van der Waals surface area contributed by atoms with Crippen LogP contribution in [0.3, 0.4) is 0 Å². The molecule has 96 valence electrons. The molecule has 0 spiro atoms. The third-order valence-corrected chi connectivity index (χ3v) is 4.27. The zero-order chi connectivity index (χ0) is 12.6. The largest absolute Gasteiger partial charge is 0.355 e. The second-order valence-corrected chi connectivity index (χ2v) is 6.27. The van der Waals surface area contributed by atoms with E-state index < -0.39 is 9.84 Å². The smallest absolute Gasteiger partial charge is 0.220 e. The Labute approximate surface area is 97.7 Å². The SMILES string of the molecule is CCC(CN)CC(=O)NCCS(=O)(=O)CC. The Morgan fingerprint density at radius 3 is 2.44 bits per heavy atom. The molecule has 0 bridgehead atoms. The zero-order valence-electron chi connectivity index (χ0n) is 10.0. The van der Waals surface area contributed by atoms with Crippen molar-refractivity contribution in [1.29, 1.82) is 0 Å². The first-order valence-corrected chi connectivity index (χ1v) is 7.44. The number of carbonyl (C=O) groups is 1. The molecule has 0 fully saturated rings. The number of carbonyl (C=O) groups excluding carboxylic acids is 1. The second kappa shape index (κ2) is 7.62. The lowest BCUT2D eigenvalue weighted by Gasteiger charge is -2.11. The molecule has 0 aromatic rings. The van der Waals surface area contributed by atoms with Gasteiger partial charge in [-0.05, 0) is 12.5 Å². The predicted octanol–water partition coefficient (Wildman–Crippen LogP) is -0.0877. The molecule has 0 aliphatic rings. The van der Waals surface area contributed by atoms with Gasteiger partial charge in [0.2, 0.25) is 5.91 Å². The molecular weight excluding hydrogens is 228 g/mol. The third kappa shape index (κ3) is 6.79. The minimum Gasteiger partial charge on any atom is -0.355 e. The monoisotopic (exact) mass is 250 g/mol. The molecule has 0 aromatic heterocycles. The highest BCUT2D eigenvalue weighted by molar-refractivity contribution is 7.91. The Kier molecular flexibility index (Phi) is 7.33. The van der Waals surface area contributed by atoms with Crippen molar-refractivity contribution in [2.75, 3.05) is 24.6 Å². The Hall–Kier alpha value is -0.620. The summed E-state index contributed by atoms with van der Waals surface area (Å²) in [7, 11) is -2.99. The van der Waals surface area contributed by atoms with E-state index in [-0.39, 0.29) is 29.9 Å². The van der Waals surface area contributed by atoms with E-state index in [2.05, 4.69) is 5.32 Å². The lowest BCUT2D eigenvalue weighted by atomic mass is 10.0. The quantitative estimate of drug-likeness (QED) is 0.630. The van der Waals surface area contributed by atoms with Crippen LogP contribution in [0.25, 0.3) is 0 Å². The zero-order valence-corrected chi connectivity index (χ0v) is 10.8. The van der Waals surface area contributed by atoms with Gasteiger partial charge in [-0.2, -0.15) is 0 Å². The van der Waals surface area contributed by atoms with E-state index in [1.54, 1.807) is 6.92 Å². The van der Waals surface area contributed by atoms with Crippen molar-refractivity contribution in [1.82, 2.24) is 5.32 Å². The highest BCUT2D eigenvalue weighted by Gasteiger charge is 2.11. The minimum absolute atomic E-state index is 0.00859. The van der Waals surface area contributed by atoms with Crippen LogP contribution in [0.1, 0.15) is 26.7 Å². The predicted molar refractivity (Wildman–Crippen MR) is 64.8 cm³/mol. The van der Waals surface area contributed by atoms with Crippen molar-refractivity contribution in [3.63, 3.8) is 0 Å². The number of sulfone groups is 1. The average Bonchev–Trinajstić information content (AvgIpc) is 2.25. The number of hydrogen-bond acceptors (Lipinski definition) is 4. The standard InChI is InChI=1S/C10H22N2O3S/c1-3-9(8-11)7-10(13)12-5-6-16(14,15)4-2/h9H,3-8,11H2,1-2H3,(H,12,13). The van der Waals surface area contributed by atoms with Gasteiger partial charge in [-0.3, -0.25) is 4.79 Å². The molecule has 1 amide bonds. The minimum atomic E-state index is -2.99. The van der Waals surface area contributed by atoms with Crippen LogP contribution in [0, 0.1) is 5.92 Å². The lowest BCUT2D eigenvalue weighted by Crippen LogP contribution is -2.32. The Bertz CT molecular complexity index is 297. The third-order valence-electron chi connectivity index (χ3n) is 2.56. The summed E-state index contributed by atoms with van der Waals surface area (Å²) in [5.74, 6) is 0.184. The highest BCUT2D eigenvalue weighted by atomic mass is 32.2. The summed E-state index contributed by atoms with van der Waals surface area (Å²) in [4.78, 5) is 11.4. The first kappa shape index (κ1) is 15.4. The van der Waals surface area contributed by atoms with Crippen LogP contribution in [-0.4, -0.2) is 38.9 Å². The number of amides is 1. The van der Waals surface area contributed by atoms with Gasteiger partial charge in [0.05, 0.1) is 5.75 Å². The van der Waals surface area contributed by atoms with E-state index in [1.807, 2.05) is 6.92 Å². The molecule has 0 aliphatic heterocycles. The van der Waals surface area contributed by atoms with E-state index in [4.69, 9.17) is 5.73 Å². The fourth-order valence-corrected chi connectivity index (χ4v) is 1.92. The maximum Gasteiger partial charge on any atom is 0.220 e. The molecule has 0 heterocycles. The number of nitrogens with one attached hydrogen (secondary N) is 1.